The van der Waals surface area contributed by atoms with Gasteiger partial charge in [0, 0.05) is 10.0 Å². The molecule has 2 aromatic rings. The van der Waals surface area contributed by atoms with Crippen molar-refractivity contribution in [2.24, 2.45) is 0 Å². The fourth-order valence-electron chi connectivity index (χ4n) is 1.81. The number of aliphatic hydroxyl groups is 1. The van der Waals surface area contributed by atoms with Crippen LogP contribution in [0.25, 0.3) is 0 Å². The van der Waals surface area contributed by atoms with E-state index in [1.807, 2.05) is 24.3 Å². The summed E-state index contributed by atoms with van der Waals surface area (Å²) in [4.78, 5) is 0. The molecule has 2 rings (SSSR count). The summed E-state index contributed by atoms with van der Waals surface area (Å²) in [5.41, 5.74) is 0.178. The van der Waals surface area contributed by atoms with Gasteiger partial charge in [-0.1, -0.05) is 63.4 Å². The molecule has 18 heavy (non-hydrogen) atoms. The monoisotopic (exact) mass is 344 g/mol. The topological polar surface area (TPSA) is 20.2 Å². The van der Waals surface area contributed by atoms with Crippen molar-refractivity contribution in [1.82, 2.24) is 0 Å². The van der Waals surface area contributed by atoms with Crippen LogP contribution in [0.5, 0.6) is 0 Å². The minimum Gasteiger partial charge on any atom is -0.381 e. The van der Waals surface area contributed by atoms with Crippen LogP contribution in [-0.2, 0) is 5.60 Å². The Labute approximate surface area is 124 Å². The number of halogens is 3. The van der Waals surface area contributed by atoms with Crippen molar-refractivity contribution in [3.8, 4) is 0 Å². The second kappa shape index (κ2) is 5.22. The van der Waals surface area contributed by atoms with Gasteiger partial charge in [0.25, 0.3) is 0 Å². The van der Waals surface area contributed by atoms with Crippen LogP contribution in [-0.4, -0.2) is 5.11 Å². The van der Waals surface area contributed by atoms with Crippen LogP contribution in [0.1, 0.15) is 18.1 Å². The van der Waals surface area contributed by atoms with Gasteiger partial charge >= 0.3 is 0 Å². The van der Waals surface area contributed by atoms with Gasteiger partial charge in [-0.05, 0) is 30.7 Å². The Balaban J connectivity index is 2.54. The van der Waals surface area contributed by atoms with E-state index in [0.717, 1.165) is 10.0 Å². The van der Waals surface area contributed by atoms with Gasteiger partial charge in [0.15, 0.2) is 0 Å². The molecule has 0 saturated heterocycles. The molecule has 0 aliphatic rings. The molecule has 1 unspecified atom stereocenters. The molecule has 1 nitrogen and oxygen atoms in total. The lowest BCUT2D eigenvalue weighted by Gasteiger charge is -2.26. The molecule has 0 bridgehead atoms. The van der Waals surface area contributed by atoms with Gasteiger partial charge in [-0.2, -0.15) is 0 Å². The van der Waals surface area contributed by atoms with Crippen LogP contribution in [0, 0.1) is 0 Å². The molecule has 0 saturated carbocycles. The van der Waals surface area contributed by atoms with Crippen molar-refractivity contribution >= 4 is 39.1 Å². The maximum Gasteiger partial charge on any atom is 0.113 e. The van der Waals surface area contributed by atoms with E-state index in [1.165, 1.54) is 0 Å². The Morgan fingerprint density at radius 3 is 2.28 bits per heavy atom. The summed E-state index contributed by atoms with van der Waals surface area (Å²) in [6.07, 6.45) is 0. The van der Waals surface area contributed by atoms with E-state index in [9.17, 15) is 5.11 Å². The first-order valence-electron chi connectivity index (χ1n) is 5.36. The highest BCUT2D eigenvalue weighted by Crippen LogP contribution is 2.37. The Bertz CT molecular complexity index is 565. The van der Waals surface area contributed by atoms with Gasteiger partial charge in [0.2, 0.25) is 0 Å². The molecule has 0 radical (unpaired) electrons. The quantitative estimate of drug-likeness (QED) is 0.810. The number of hydrogen-bond acceptors (Lipinski definition) is 1. The lowest BCUT2D eigenvalue weighted by molar-refractivity contribution is 0.102. The van der Waals surface area contributed by atoms with E-state index in [4.69, 9.17) is 23.2 Å². The third-order valence-corrected chi connectivity index (χ3v) is 4.23. The van der Waals surface area contributed by atoms with Crippen LogP contribution < -0.4 is 0 Å². The first-order chi connectivity index (χ1) is 8.43. The summed E-state index contributed by atoms with van der Waals surface area (Å²) in [5.74, 6) is 0. The van der Waals surface area contributed by atoms with Crippen molar-refractivity contribution < 1.29 is 5.11 Å². The zero-order valence-electron chi connectivity index (χ0n) is 9.62. The van der Waals surface area contributed by atoms with Crippen molar-refractivity contribution in [2.45, 2.75) is 12.5 Å². The van der Waals surface area contributed by atoms with E-state index < -0.39 is 5.60 Å². The van der Waals surface area contributed by atoms with Gasteiger partial charge in [-0.3, -0.25) is 0 Å². The maximum atomic E-state index is 10.7. The van der Waals surface area contributed by atoms with E-state index in [-0.39, 0.29) is 0 Å². The first kappa shape index (κ1) is 13.9. The summed E-state index contributed by atoms with van der Waals surface area (Å²) >= 11 is 15.5. The Hall–Kier alpha value is -0.540. The summed E-state index contributed by atoms with van der Waals surface area (Å²) < 4.78 is 0.958. The number of hydrogen-bond donors (Lipinski definition) is 1. The van der Waals surface area contributed by atoms with Crippen molar-refractivity contribution in [1.29, 1.82) is 0 Å². The van der Waals surface area contributed by atoms with Crippen molar-refractivity contribution in [3.63, 3.8) is 0 Å². The van der Waals surface area contributed by atoms with Gasteiger partial charge in [0.1, 0.15) is 5.60 Å². The van der Waals surface area contributed by atoms with Crippen LogP contribution in [0.15, 0.2) is 46.9 Å². The molecule has 0 aromatic heterocycles. The van der Waals surface area contributed by atoms with Crippen LogP contribution in [0.4, 0.5) is 0 Å². The Morgan fingerprint density at radius 1 is 1.06 bits per heavy atom. The van der Waals surface area contributed by atoms with Crippen LogP contribution in [0.3, 0.4) is 0 Å². The molecule has 1 atom stereocenters. The average Bonchev–Trinajstić information content (AvgIpc) is 2.33. The van der Waals surface area contributed by atoms with E-state index in [0.29, 0.717) is 15.6 Å². The second-order valence-corrected chi connectivity index (χ2v) is 5.88. The number of benzene rings is 2. The molecule has 0 heterocycles. The molecule has 2 aromatic carbocycles. The zero-order valence-corrected chi connectivity index (χ0v) is 12.7. The van der Waals surface area contributed by atoms with Crippen molar-refractivity contribution in [3.05, 3.63) is 68.1 Å². The molecule has 0 fully saturated rings. The normalized spacial score (nSPS) is 14.3. The Kier molecular flexibility index (Phi) is 4.02. The molecule has 0 amide bonds. The molecule has 0 aliphatic heterocycles. The summed E-state index contributed by atoms with van der Waals surface area (Å²) in [6, 6.07) is 12.7. The first-order valence-corrected chi connectivity index (χ1v) is 6.90. The molecule has 0 spiro atoms. The smallest absolute Gasteiger partial charge is 0.113 e. The van der Waals surface area contributed by atoms with E-state index >= 15 is 0 Å². The number of rotatable bonds is 2. The minimum atomic E-state index is -1.18. The SMILES string of the molecule is CC(O)(c1ccc(Br)cc1)c1cccc(Cl)c1Cl. The van der Waals surface area contributed by atoms with E-state index in [2.05, 4.69) is 15.9 Å². The van der Waals surface area contributed by atoms with Gasteiger partial charge in [-0.15, -0.1) is 0 Å². The molecule has 0 aliphatic carbocycles. The standard InChI is InChI=1S/C14H11BrCl2O/c1-14(18,9-5-7-10(15)8-6-9)11-3-2-4-12(16)13(11)17/h2-8,18H,1H3. The second-order valence-electron chi connectivity index (χ2n) is 4.18. The van der Waals surface area contributed by atoms with Gasteiger partial charge in [-0.25, -0.2) is 0 Å². The third kappa shape index (κ3) is 2.57. The lowest BCUT2D eigenvalue weighted by atomic mass is 9.88. The predicted molar refractivity (Wildman–Crippen MR) is 79.3 cm³/mol. The largest absolute Gasteiger partial charge is 0.381 e. The fraction of sp³-hybridized carbons (Fsp3) is 0.143. The lowest BCUT2D eigenvalue weighted by Crippen LogP contribution is -2.23. The highest BCUT2D eigenvalue weighted by molar-refractivity contribution is 9.10. The van der Waals surface area contributed by atoms with Crippen LogP contribution >= 0.6 is 39.1 Å². The molecular weight excluding hydrogens is 335 g/mol. The van der Waals surface area contributed by atoms with Gasteiger partial charge < -0.3 is 5.11 Å². The average molecular weight is 346 g/mol. The molecular formula is C14H11BrCl2O. The molecule has 4 heteroatoms. The highest BCUT2D eigenvalue weighted by Gasteiger charge is 2.28. The van der Waals surface area contributed by atoms with Crippen molar-refractivity contribution in [2.75, 3.05) is 0 Å². The fourth-order valence-corrected chi connectivity index (χ4v) is 2.56. The van der Waals surface area contributed by atoms with Crippen LogP contribution in [0.2, 0.25) is 10.0 Å². The third-order valence-electron chi connectivity index (χ3n) is 2.88. The highest BCUT2D eigenvalue weighted by atomic mass is 79.9. The Morgan fingerprint density at radius 2 is 1.67 bits per heavy atom. The van der Waals surface area contributed by atoms with Gasteiger partial charge in [0.05, 0.1) is 10.0 Å². The molecule has 1 N–H and O–H groups in total. The predicted octanol–water partition coefficient (Wildman–Crippen LogP) is 5.01. The maximum absolute atomic E-state index is 10.7. The minimum absolute atomic E-state index is 0.382. The van der Waals surface area contributed by atoms with E-state index in [1.54, 1.807) is 25.1 Å². The summed E-state index contributed by atoms with van der Waals surface area (Å²) in [5, 5.41) is 11.5. The zero-order chi connectivity index (χ0) is 13.3. The summed E-state index contributed by atoms with van der Waals surface area (Å²) in [7, 11) is 0. The molecule has 94 valence electrons. The summed E-state index contributed by atoms with van der Waals surface area (Å²) in [6.45, 7) is 1.70.